The molecule has 2 fully saturated rings. The van der Waals surface area contributed by atoms with E-state index < -0.39 is 0 Å². The number of benzene rings is 1. The van der Waals surface area contributed by atoms with Crippen LogP contribution in [-0.2, 0) is 10.2 Å². The minimum absolute atomic E-state index is 0. The number of nitrogens with two attached hydrogens (primary N) is 1. The summed E-state index contributed by atoms with van der Waals surface area (Å²) in [4.78, 5) is 15.0. The van der Waals surface area contributed by atoms with Crippen LogP contribution < -0.4 is 10.6 Å². The highest BCUT2D eigenvalue weighted by Crippen LogP contribution is 2.56. The molecule has 114 valence electrons. The Morgan fingerprint density at radius 2 is 2.05 bits per heavy atom. The first-order chi connectivity index (χ1) is 9.75. The zero-order chi connectivity index (χ0) is 13.7. The number of fused-ring (bicyclic) bond motifs is 2. The predicted octanol–water partition coefficient (Wildman–Crippen LogP) is 2.86. The van der Waals surface area contributed by atoms with E-state index in [1.54, 1.807) is 0 Å². The molecule has 1 amide bonds. The largest absolute Gasteiger partial charge is 0.330 e. The van der Waals surface area contributed by atoms with Crippen molar-refractivity contribution in [2.24, 2.45) is 17.6 Å². The third-order valence-corrected chi connectivity index (χ3v) is 5.63. The Morgan fingerprint density at radius 3 is 2.76 bits per heavy atom. The number of para-hydroxylation sites is 1. The standard InChI is InChI=1S/C17H22N2O.ClH/c18-10-12-4-3-5-13(12)16(20)19-11-17(8-9-17)14-6-1-2-7-15(14)19;/h1-2,6-7,12-13H,3-5,8-11,18H2;1H/t12-,13-;/m1./s1. The van der Waals surface area contributed by atoms with Gasteiger partial charge in [0.05, 0.1) is 0 Å². The summed E-state index contributed by atoms with van der Waals surface area (Å²) in [5, 5.41) is 0. The van der Waals surface area contributed by atoms with Crippen molar-refractivity contribution in [3.63, 3.8) is 0 Å². The molecule has 0 saturated heterocycles. The molecule has 1 aromatic rings. The molecular weight excluding hydrogens is 284 g/mol. The number of rotatable bonds is 2. The lowest BCUT2D eigenvalue weighted by Gasteiger charge is -2.25. The predicted molar refractivity (Wildman–Crippen MR) is 86.8 cm³/mol. The Bertz CT molecular complexity index is 555. The van der Waals surface area contributed by atoms with E-state index in [9.17, 15) is 4.79 Å². The summed E-state index contributed by atoms with van der Waals surface area (Å²) >= 11 is 0. The minimum atomic E-state index is 0. The average molecular weight is 307 g/mol. The molecule has 4 heteroatoms. The van der Waals surface area contributed by atoms with Gasteiger partial charge in [0.2, 0.25) is 5.91 Å². The molecule has 0 unspecified atom stereocenters. The molecule has 21 heavy (non-hydrogen) atoms. The van der Waals surface area contributed by atoms with Crippen LogP contribution in [0.5, 0.6) is 0 Å². The van der Waals surface area contributed by atoms with Crippen molar-refractivity contribution in [1.29, 1.82) is 0 Å². The molecule has 1 spiro atoms. The Morgan fingerprint density at radius 1 is 1.29 bits per heavy atom. The van der Waals surface area contributed by atoms with Crippen molar-refractivity contribution in [2.45, 2.75) is 37.5 Å². The smallest absolute Gasteiger partial charge is 0.230 e. The molecule has 2 atom stereocenters. The van der Waals surface area contributed by atoms with Crippen LogP contribution in [0.15, 0.2) is 24.3 Å². The van der Waals surface area contributed by atoms with Gasteiger partial charge in [-0.15, -0.1) is 12.4 Å². The quantitative estimate of drug-likeness (QED) is 0.913. The fraction of sp³-hybridized carbons (Fsp3) is 0.588. The Balaban J connectivity index is 0.00000132. The van der Waals surface area contributed by atoms with Gasteiger partial charge in [-0.05, 0) is 49.8 Å². The Labute approximate surface area is 132 Å². The topological polar surface area (TPSA) is 46.3 Å². The van der Waals surface area contributed by atoms with Crippen molar-refractivity contribution in [1.82, 2.24) is 0 Å². The number of nitrogens with zero attached hydrogens (tertiary/aromatic N) is 1. The van der Waals surface area contributed by atoms with Crippen LogP contribution in [0.3, 0.4) is 0 Å². The lowest BCUT2D eigenvalue weighted by molar-refractivity contribution is -0.123. The number of hydrogen-bond donors (Lipinski definition) is 1. The molecule has 2 saturated carbocycles. The van der Waals surface area contributed by atoms with Gasteiger partial charge < -0.3 is 10.6 Å². The highest BCUT2D eigenvalue weighted by atomic mass is 35.5. The summed E-state index contributed by atoms with van der Waals surface area (Å²) in [5.74, 6) is 0.876. The zero-order valence-electron chi connectivity index (χ0n) is 12.3. The van der Waals surface area contributed by atoms with Gasteiger partial charge >= 0.3 is 0 Å². The third kappa shape index (κ3) is 2.18. The monoisotopic (exact) mass is 306 g/mol. The molecule has 4 rings (SSSR count). The van der Waals surface area contributed by atoms with Crippen molar-refractivity contribution >= 4 is 24.0 Å². The van der Waals surface area contributed by atoms with Gasteiger partial charge in [-0.3, -0.25) is 4.79 Å². The maximum Gasteiger partial charge on any atom is 0.230 e. The molecule has 1 heterocycles. The highest BCUT2D eigenvalue weighted by molar-refractivity contribution is 5.98. The second kappa shape index (κ2) is 5.29. The van der Waals surface area contributed by atoms with Crippen molar-refractivity contribution in [3.05, 3.63) is 29.8 Å². The SMILES string of the molecule is Cl.NC[C@H]1CCC[C@H]1C(=O)N1CC2(CC2)c2ccccc21. The summed E-state index contributed by atoms with van der Waals surface area (Å²) in [7, 11) is 0. The van der Waals surface area contributed by atoms with Gasteiger partial charge in [-0.2, -0.15) is 0 Å². The molecule has 2 aliphatic carbocycles. The fourth-order valence-corrected chi connectivity index (χ4v) is 4.25. The molecule has 2 N–H and O–H groups in total. The third-order valence-electron chi connectivity index (χ3n) is 5.63. The Kier molecular flexibility index (Phi) is 3.74. The van der Waals surface area contributed by atoms with E-state index in [1.165, 1.54) is 18.4 Å². The summed E-state index contributed by atoms with van der Waals surface area (Å²) < 4.78 is 0. The van der Waals surface area contributed by atoms with Crippen LogP contribution in [0.4, 0.5) is 5.69 Å². The van der Waals surface area contributed by atoms with E-state index in [0.717, 1.165) is 31.5 Å². The van der Waals surface area contributed by atoms with E-state index in [-0.39, 0.29) is 18.3 Å². The van der Waals surface area contributed by atoms with Gasteiger partial charge in [0, 0.05) is 23.6 Å². The van der Waals surface area contributed by atoms with Crippen LogP contribution in [0.1, 0.15) is 37.7 Å². The number of hydrogen-bond acceptors (Lipinski definition) is 2. The van der Waals surface area contributed by atoms with E-state index >= 15 is 0 Å². The van der Waals surface area contributed by atoms with E-state index in [2.05, 4.69) is 29.2 Å². The van der Waals surface area contributed by atoms with Crippen LogP contribution in [-0.4, -0.2) is 19.0 Å². The molecule has 3 nitrogen and oxygen atoms in total. The summed E-state index contributed by atoms with van der Waals surface area (Å²) in [5.41, 5.74) is 8.71. The number of amides is 1. The minimum Gasteiger partial charge on any atom is -0.330 e. The lowest BCUT2D eigenvalue weighted by atomic mass is 9.94. The fourth-order valence-electron chi connectivity index (χ4n) is 4.25. The van der Waals surface area contributed by atoms with Crippen molar-refractivity contribution in [2.75, 3.05) is 18.0 Å². The van der Waals surface area contributed by atoms with Crippen LogP contribution in [0, 0.1) is 11.8 Å². The maximum absolute atomic E-state index is 13.0. The highest BCUT2D eigenvalue weighted by Gasteiger charge is 2.53. The molecule has 1 aromatic carbocycles. The first kappa shape index (κ1) is 14.9. The summed E-state index contributed by atoms with van der Waals surface area (Å²) in [6, 6.07) is 8.48. The van der Waals surface area contributed by atoms with Crippen LogP contribution in [0.2, 0.25) is 0 Å². The molecular formula is C17H23ClN2O. The first-order valence-corrected chi connectivity index (χ1v) is 7.86. The summed E-state index contributed by atoms with van der Waals surface area (Å²) in [6.45, 7) is 1.55. The van der Waals surface area contributed by atoms with Gasteiger partial charge in [0.1, 0.15) is 0 Å². The van der Waals surface area contributed by atoms with Crippen LogP contribution in [0.25, 0.3) is 0 Å². The maximum atomic E-state index is 13.0. The second-order valence-corrected chi connectivity index (χ2v) is 6.76. The van der Waals surface area contributed by atoms with Crippen molar-refractivity contribution in [3.8, 4) is 0 Å². The van der Waals surface area contributed by atoms with Crippen LogP contribution >= 0.6 is 12.4 Å². The van der Waals surface area contributed by atoms with E-state index in [0.29, 0.717) is 23.8 Å². The van der Waals surface area contributed by atoms with Gasteiger partial charge in [0.25, 0.3) is 0 Å². The number of carbonyl (C=O) groups is 1. The molecule has 1 aliphatic heterocycles. The molecule has 0 bridgehead atoms. The number of anilines is 1. The Hall–Kier alpha value is -1.06. The summed E-state index contributed by atoms with van der Waals surface area (Å²) in [6.07, 6.45) is 5.76. The molecule has 0 aromatic heterocycles. The lowest BCUT2D eigenvalue weighted by Crippen LogP contribution is -2.39. The second-order valence-electron chi connectivity index (χ2n) is 6.76. The van der Waals surface area contributed by atoms with E-state index in [4.69, 9.17) is 5.73 Å². The number of carbonyl (C=O) groups excluding carboxylic acids is 1. The van der Waals surface area contributed by atoms with Gasteiger partial charge in [-0.25, -0.2) is 0 Å². The molecule has 0 radical (unpaired) electrons. The normalized spacial score (nSPS) is 28.3. The van der Waals surface area contributed by atoms with Gasteiger partial charge in [-0.1, -0.05) is 24.6 Å². The van der Waals surface area contributed by atoms with E-state index in [1.807, 2.05) is 0 Å². The number of halogens is 1. The first-order valence-electron chi connectivity index (χ1n) is 7.86. The zero-order valence-corrected chi connectivity index (χ0v) is 13.1. The van der Waals surface area contributed by atoms with Crippen molar-refractivity contribution < 1.29 is 4.79 Å². The average Bonchev–Trinajstić information content (AvgIpc) is 2.98. The van der Waals surface area contributed by atoms with Gasteiger partial charge in [0.15, 0.2) is 0 Å². The molecule has 3 aliphatic rings.